The van der Waals surface area contributed by atoms with Crippen molar-refractivity contribution in [2.75, 3.05) is 10.6 Å². The lowest BCUT2D eigenvalue weighted by Gasteiger charge is -2.16. The van der Waals surface area contributed by atoms with Crippen LogP contribution in [0.25, 0.3) is 0 Å². The second-order valence-electron chi connectivity index (χ2n) is 6.96. The molecule has 0 radical (unpaired) electrons. The van der Waals surface area contributed by atoms with E-state index in [9.17, 15) is 23.2 Å². The standard InChI is InChI=1S/C23H16Cl2F3N3O/c1-13-9-18(19(12-29)14-5-7-16(24)8-6-14)20(25)11-21(13)31-22(32)30-17-4-2-3-15(10-17)23(26,27)28/h2-11,19H,1H3,(H2,30,31,32). The first-order chi connectivity index (χ1) is 15.1. The number of nitrogens with one attached hydrogen (secondary N) is 2. The molecular weight excluding hydrogens is 462 g/mol. The van der Waals surface area contributed by atoms with Gasteiger partial charge in [0.15, 0.2) is 0 Å². The summed E-state index contributed by atoms with van der Waals surface area (Å²) in [5.74, 6) is -0.647. The zero-order valence-corrected chi connectivity index (χ0v) is 18.1. The van der Waals surface area contributed by atoms with Crippen molar-refractivity contribution in [1.29, 1.82) is 5.26 Å². The Kier molecular flexibility index (Phi) is 6.97. The molecule has 0 saturated carbocycles. The molecule has 0 bridgehead atoms. The van der Waals surface area contributed by atoms with Crippen molar-refractivity contribution in [3.8, 4) is 6.07 Å². The van der Waals surface area contributed by atoms with E-state index >= 15 is 0 Å². The minimum atomic E-state index is -4.52. The van der Waals surface area contributed by atoms with Gasteiger partial charge in [-0.3, -0.25) is 0 Å². The number of rotatable bonds is 4. The lowest BCUT2D eigenvalue weighted by Crippen LogP contribution is -2.20. The zero-order chi connectivity index (χ0) is 23.5. The van der Waals surface area contributed by atoms with Gasteiger partial charge in [-0.25, -0.2) is 4.79 Å². The summed E-state index contributed by atoms with van der Waals surface area (Å²) in [5, 5.41) is 15.4. The molecule has 2 amide bonds. The minimum absolute atomic E-state index is 0.00928. The summed E-state index contributed by atoms with van der Waals surface area (Å²) < 4.78 is 38.6. The summed E-state index contributed by atoms with van der Waals surface area (Å²) in [7, 11) is 0. The summed E-state index contributed by atoms with van der Waals surface area (Å²) >= 11 is 12.3. The fraction of sp³-hybridized carbons (Fsp3) is 0.130. The third-order valence-electron chi connectivity index (χ3n) is 4.68. The van der Waals surface area contributed by atoms with Crippen molar-refractivity contribution in [3.63, 3.8) is 0 Å². The van der Waals surface area contributed by atoms with Gasteiger partial charge in [-0.1, -0.05) is 47.5 Å². The Bertz CT molecular complexity index is 1190. The van der Waals surface area contributed by atoms with E-state index in [1.165, 1.54) is 18.2 Å². The molecule has 0 aliphatic rings. The number of hydrogen-bond acceptors (Lipinski definition) is 2. The highest BCUT2D eigenvalue weighted by molar-refractivity contribution is 6.32. The van der Waals surface area contributed by atoms with Crippen molar-refractivity contribution in [1.82, 2.24) is 0 Å². The van der Waals surface area contributed by atoms with Crippen LogP contribution >= 0.6 is 23.2 Å². The van der Waals surface area contributed by atoms with Crippen LogP contribution in [-0.2, 0) is 6.18 Å². The highest BCUT2D eigenvalue weighted by atomic mass is 35.5. The van der Waals surface area contributed by atoms with Crippen LogP contribution in [0.15, 0.2) is 60.7 Å². The van der Waals surface area contributed by atoms with Crippen molar-refractivity contribution >= 4 is 40.6 Å². The first kappa shape index (κ1) is 23.5. The number of halogens is 5. The molecule has 32 heavy (non-hydrogen) atoms. The quantitative estimate of drug-likeness (QED) is 0.405. The van der Waals surface area contributed by atoms with Crippen LogP contribution in [0, 0.1) is 18.3 Å². The van der Waals surface area contributed by atoms with E-state index < -0.39 is 23.7 Å². The molecule has 164 valence electrons. The molecule has 0 aliphatic carbocycles. The topological polar surface area (TPSA) is 64.9 Å². The number of carbonyl (C=O) groups is 1. The molecule has 0 saturated heterocycles. The molecule has 4 nitrogen and oxygen atoms in total. The number of nitrogens with zero attached hydrogens (tertiary/aromatic N) is 1. The van der Waals surface area contributed by atoms with Gasteiger partial charge in [0.05, 0.1) is 17.6 Å². The number of nitriles is 1. The number of benzene rings is 3. The average Bonchev–Trinajstić information content (AvgIpc) is 2.73. The maximum atomic E-state index is 12.9. The highest BCUT2D eigenvalue weighted by Gasteiger charge is 2.30. The Morgan fingerprint density at radius 2 is 1.72 bits per heavy atom. The molecule has 2 N–H and O–H groups in total. The lowest BCUT2D eigenvalue weighted by atomic mass is 9.91. The van der Waals surface area contributed by atoms with Crippen LogP contribution in [0.3, 0.4) is 0 Å². The molecular formula is C23H16Cl2F3N3O. The van der Waals surface area contributed by atoms with Gasteiger partial charge in [0.1, 0.15) is 0 Å². The van der Waals surface area contributed by atoms with Crippen molar-refractivity contribution < 1.29 is 18.0 Å². The summed E-state index contributed by atoms with van der Waals surface area (Å²) in [6.45, 7) is 1.72. The van der Waals surface area contributed by atoms with E-state index in [4.69, 9.17) is 23.2 Å². The van der Waals surface area contributed by atoms with Gasteiger partial charge >= 0.3 is 12.2 Å². The molecule has 0 aliphatic heterocycles. The minimum Gasteiger partial charge on any atom is -0.308 e. The molecule has 0 heterocycles. The SMILES string of the molecule is Cc1cc(C(C#N)c2ccc(Cl)cc2)c(Cl)cc1NC(=O)Nc1cccc(C(F)(F)F)c1. The van der Waals surface area contributed by atoms with E-state index in [0.717, 1.165) is 12.1 Å². The second kappa shape index (κ2) is 9.51. The van der Waals surface area contributed by atoms with Gasteiger partial charge in [0.25, 0.3) is 0 Å². The van der Waals surface area contributed by atoms with E-state index in [0.29, 0.717) is 27.4 Å². The molecule has 3 aromatic carbocycles. The smallest absolute Gasteiger partial charge is 0.308 e. The number of carbonyl (C=O) groups excluding carboxylic acids is 1. The maximum absolute atomic E-state index is 12.9. The summed E-state index contributed by atoms with van der Waals surface area (Å²) in [6, 6.07) is 15.8. The Morgan fingerprint density at radius 1 is 1.03 bits per heavy atom. The molecule has 9 heteroatoms. The Morgan fingerprint density at radius 3 is 2.34 bits per heavy atom. The van der Waals surface area contributed by atoms with Gasteiger partial charge in [0, 0.05) is 21.4 Å². The monoisotopic (exact) mass is 477 g/mol. The predicted octanol–water partition coefficient (Wildman–Crippen LogP) is 7.62. The lowest BCUT2D eigenvalue weighted by molar-refractivity contribution is -0.137. The molecule has 1 unspecified atom stereocenters. The van der Waals surface area contributed by atoms with Crippen LogP contribution < -0.4 is 10.6 Å². The largest absolute Gasteiger partial charge is 0.416 e. The Labute approximate surface area is 192 Å². The van der Waals surface area contributed by atoms with E-state index in [-0.39, 0.29) is 10.7 Å². The number of alkyl halides is 3. The van der Waals surface area contributed by atoms with Crippen LogP contribution in [0.4, 0.5) is 29.3 Å². The first-order valence-electron chi connectivity index (χ1n) is 9.29. The number of hydrogen-bond donors (Lipinski definition) is 2. The summed E-state index contributed by atoms with van der Waals surface area (Å²) in [4.78, 5) is 12.3. The van der Waals surface area contributed by atoms with E-state index in [1.807, 2.05) is 0 Å². The molecule has 0 fully saturated rings. The number of aryl methyl sites for hydroxylation is 1. The van der Waals surface area contributed by atoms with Crippen LogP contribution in [0.2, 0.25) is 10.0 Å². The van der Waals surface area contributed by atoms with Gasteiger partial charge in [-0.05, 0) is 60.0 Å². The Hall–Kier alpha value is -3.21. The highest BCUT2D eigenvalue weighted by Crippen LogP contribution is 2.35. The van der Waals surface area contributed by atoms with Crippen molar-refractivity contribution in [2.45, 2.75) is 19.0 Å². The Balaban J connectivity index is 1.80. The second-order valence-corrected chi connectivity index (χ2v) is 7.80. The van der Waals surface area contributed by atoms with Crippen LogP contribution in [0.5, 0.6) is 0 Å². The normalized spacial score (nSPS) is 12.0. The first-order valence-corrected chi connectivity index (χ1v) is 10.0. The van der Waals surface area contributed by atoms with Gasteiger partial charge < -0.3 is 10.6 Å². The third kappa shape index (κ3) is 5.52. The average molecular weight is 478 g/mol. The van der Waals surface area contributed by atoms with Crippen molar-refractivity contribution in [3.05, 3.63) is 93.0 Å². The summed E-state index contributed by atoms with van der Waals surface area (Å²) in [5.41, 5.74) is 1.36. The van der Waals surface area contributed by atoms with Gasteiger partial charge in [-0.15, -0.1) is 0 Å². The predicted molar refractivity (Wildman–Crippen MR) is 119 cm³/mol. The number of amides is 2. The van der Waals surface area contributed by atoms with Gasteiger partial charge in [-0.2, -0.15) is 18.4 Å². The fourth-order valence-corrected chi connectivity index (χ4v) is 3.50. The van der Waals surface area contributed by atoms with Crippen LogP contribution in [0.1, 0.15) is 28.2 Å². The maximum Gasteiger partial charge on any atom is 0.416 e. The van der Waals surface area contributed by atoms with Crippen molar-refractivity contribution in [2.24, 2.45) is 0 Å². The molecule has 3 rings (SSSR count). The fourth-order valence-electron chi connectivity index (χ4n) is 3.10. The molecule has 1 atom stereocenters. The molecule has 0 spiro atoms. The molecule has 0 aromatic heterocycles. The number of urea groups is 1. The van der Waals surface area contributed by atoms with E-state index in [1.54, 1.807) is 37.3 Å². The molecule has 3 aromatic rings. The summed E-state index contributed by atoms with van der Waals surface area (Å²) in [6.07, 6.45) is -4.52. The van der Waals surface area contributed by atoms with Gasteiger partial charge in [0.2, 0.25) is 0 Å². The third-order valence-corrected chi connectivity index (χ3v) is 5.26. The van der Waals surface area contributed by atoms with Crippen LogP contribution in [-0.4, -0.2) is 6.03 Å². The number of anilines is 2. The zero-order valence-electron chi connectivity index (χ0n) is 16.6. The van der Waals surface area contributed by atoms with E-state index in [2.05, 4.69) is 16.7 Å².